The number of halogens is 1. The Hall–Kier alpha value is -2.60. The fourth-order valence-corrected chi connectivity index (χ4v) is 3.21. The third-order valence-electron chi connectivity index (χ3n) is 4.37. The van der Waals surface area contributed by atoms with Gasteiger partial charge in [0.1, 0.15) is 17.7 Å². The fraction of sp³-hybridized carbons (Fsp3) is 0.278. The van der Waals surface area contributed by atoms with Crippen LogP contribution in [0.3, 0.4) is 0 Å². The van der Waals surface area contributed by atoms with E-state index < -0.39 is 0 Å². The molecule has 24 heavy (non-hydrogen) atoms. The molecule has 4 rings (SSSR count). The van der Waals surface area contributed by atoms with Crippen molar-refractivity contribution in [3.8, 4) is 11.3 Å². The van der Waals surface area contributed by atoms with Crippen LogP contribution in [0.25, 0.3) is 22.3 Å². The van der Waals surface area contributed by atoms with Gasteiger partial charge in [-0.3, -0.25) is 4.90 Å². The molecule has 3 heterocycles. The summed E-state index contributed by atoms with van der Waals surface area (Å²) in [5.41, 5.74) is 9.48. The molecule has 0 radical (unpaired) electrons. The molecule has 0 atom stereocenters. The normalized spacial score (nSPS) is 15.2. The summed E-state index contributed by atoms with van der Waals surface area (Å²) >= 11 is 0. The topological polar surface area (TPSA) is 67.9 Å². The molecule has 1 aliphatic rings. The van der Waals surface area contributed by atoms with E-state index in [9.17, 15) is 4.39 Å². The second kappa shape index (κ2) is 6.13. The zero-order valence-corrected chi connectivity index (χ0v) is 13.2. The highest BCUT2D eigenvalue weighted by Crippen LogP contribution is 2.25. The molecule has 6 heteroatoms. The summed E-state index contributed by atoms with van der Waals surface area (Å²) in [4.78, 5) is 15.0. The second-order valence-electron chi connectivity index (χ2n) is 6.15. The van der Waals surface area contributed by atoms with E-state index in [0.29, 0.717) is 22.5 Å². The van der Waals surface area contributed by atoms with Crippen LogP contribution in [0.2, 0.25) is 0 Å². The lowest BCUT2D eigenvalue weighted by atomic mass is 10.1. The number of anilines is 1. The summed E-state index contributed by atoms with van der Waals surface area (Å²) in [7, 11) is 0. The van der Waals surface area contributed by atoms with Crippen LogP contribution in [0, 0.1) is 5.82 Å². The number of hydrogen-bond acceptors (Lipinski definition) is 5. The summed E-state index contributed by atoms with van der Waals surface area (Å²) < 4.78 is 14.1. The van der Waals surface area contributed by atoms with Gasteiger partial charge in [-0.2, -0.15) is 0 Å². The van der Waals surface area contributed by atoms with E-state index in [1.165, 1.54) is 25.2 Å². The number of pyridine rings is 1. The lowest BCUT2D eigenvalue weighted by Crippen LogP contribution is -2.18. The van der Waals surface area contributed by atoms with Crippen molar-refractivity contribution in [2.24, 2.45) is 0 Å². The zero-order valence-electron chi connectivity index (χ0n) is 13.2. The van der Waals surface area contributed by atoms with Gasteiger partial charge in [0.2, 0.25) is 0 Å². The second-order valence-corrected chi connectivity index (χ2v) is 6.15. The first-order valence-electron chi connectivity index (χ1n) is 8.08. The number of benzene rings is 1. The molecule has 122 valence electrons. The molecule has 0 spiro atoms. The Morgan fingerprint density at radius 3 is 2.75 bits per heavy atom. The smallest absolute Gasteiger partial charge is 0.153 e. The predicted octanol–water partition coefficient (Wildman–Crippen LogP) is 3.01. The van der Waals surface area contributed by atoms with Gasteiger partial charge in [0.15, 0.2) is 5.82 Å². The van der Waals surface area contributed by atoms with Crippen molar-refractivity contribution < 1.29 is 4.39 Å². The Bertz CT molecular complexity index is 890. The largest absolute Gasteiger partial charge is 0.382 e. The van der Waals surface area contributed by atoms with Gasteiger partial charge in [-0.25, -0.2) is 19.3 Å². The average molecular weight is 323 g/mol. The molecule has 1 aliphatic heterocycles. The van der Waals surface area contributed by atoms with Crippen molar-refractivity contribution in [2.75, 3.05) is 18.8 Å². The average Bonchev–Trinajstić information content (AvgIpc) is 3.07. The number of likely N-dealkylation sites (tertiary alicyclic amines) is 1. The number of fused-ring (bicyclic) bond motifs is 1. The molecular formula is C18H18FN5. The number of rotatable bonds is 3. The van der Waals surface area contributed by atoms with Crippen molar-refractivity contribution in [1.82, 2.24) is 19.9 Å². The number of nitrogens with zero attached hydrogens (tertiary/aromatic N) is 4. The van der Waals surface area contributed by atoms with E-state index in [-0.39, 0.29) is 5.82 Å². The first-order valence-corrected chi connectivity index (χ1v) is 8.08. The molecule has 5 nitrogen and oxygen atoms in total. The molecule has 1 saturated heterocycles. The Labute approximate surface area is 139 Å². The zero-order chi connectivity index (χ0) is 16.5. The summed E-state index contributed by atoms with van der Waals surface area (Å²) in [5, 5.41) is 0. The van der Waals surface area contributed by atoms with Gasteiger partial charge in [0.05, 0.1) is 11.2 Å². The van der Waals surface area contributed by atoms with Gasteiger partial charge < -0.3 is 5.73 Å². The van der Waals surface area contributed by atoms with Gasteiger partial charge in [0, 0.05) is 12.1 Å². The lowest BCUT2D eigenvalue weighted by molar-refractivity contribution is 0.331. The highest BCUT2D eigenvalue weighted by atomic mass is 19.1. The Kier molecular flexibility index (Phi) is 3.82. The van der Waals surface area contributed by atoms with Crippen LogP contribution < -0.4 is 5.73 Å². The van der Waals surface area contributed by atoms with E-state index in [1.54, 1.807) is 6.07 Å². The molecular weight excluding hydrogens is 305 g/mol. The van der Waals surface area contributed by atoms with Crippen molar-refractivity contribution in [2.45, 2.75) is 19.4 Å². The Morgan fingerprint density at radius 1 is 1.08 bits per heavy atom. The van der Waals surface area contributed by atoms with Crippen LogP contribution in [-0.2, 0) is 6.54 Å². The lowest BCUT2D eigenvalue weighted by Gasteiger charge is -2.15. The number of nitrogens with two attached hydrogens (primary N) is 1. The summed E-state index contributed by atoms with van der Waals surface area (Å²) in [6.45, 7) is 2.92. The third-order valence-corrected chi connectivity index (χ3v) is 4.37. The Morgan fingerprint density at radius 2 is 1.92 bits per heavy atom. The van der Waals surface area contributed by atoms with E-state index in [2.05, 4.69) is 19.9 Å². The maximum atomic E-state index is 14.1. The third kappa shape index (κ3) is 2.92. The standard InChI is InChI=1S/C18H18FN5/c19-14-8-12(10-24-5-1-2-6-24)7-13(9-14)15-3-4-16-17(23-15)18(20)22-11-21-16/h3-4,7-9,11H,1-2,5-6,10H2,(H2,20,21,22). The first-order chi connectivity index (χ1) is 11.7. The molecule has 1 fully saturated rings. The summed E-state index contributed by atoms with van der Waals surface area (Å²) in [5.74, 6) is 0.0800. The van der Waals surface area contributed by atoms with Gasteiger partial charge >= 0.3 is 0 Å². The summed E-state index contributed by atoms with van der Waals surface area (Å²) in [6, 6.07) is 8.77. The van der Waals surface area contributed by atoms with E-state index in [1.807, 2.05) is 18.2 Å². The minimum Gasteiger partial charge on any atom is -0.382 e. The van der Waals surface area contributed by atoms with Crippen LogP contribution in [0.5, 0.6) is 0 Å². The van der Waals surface area contributed by atoms with Gasteiger partial charge in [-0.05, 0) is 61.8 Å². The van der Waals surface area contributed by atoms with Crippen LogP contribution in [0.4, 0.5) is 10.2 Å². The molecule has 0 saturated carbocycles. The van der Waals surface area contributed by atoms with E-state index in [0.717, 1.165) is 30.8 Å². The quantitative estimate of drug-likeness (QED) is 0.802. The predicted molar refractivity (Wildman–Crippen MR) is 91.7 cm³/mol. The molecule has 2 aromatic heterocycles. The van der Waals surface area contributed by atoms with Crippen molar-refractivity contribution in [1.29, 1.82) is 0 Å². The van der Waals surface area contributed by atoms with E-state index >= 15 is 0 Å². The van der Waals surface area contributed by atoms with Crippen molar-refractivity contribution in [3.63, 3.8) is 0 Å². The van der Waals surface area contributed by atoms with Crippen LogP contribution in [0.1, 0.15) is 18.4 Å². The van der Waals surface area contributed by atoms with E-state index in [4.69, 9.17) is 5.73 Å². The Balaban J connectivity index is 1.72. The fourth-order valence-electron chi connectivity index (χ4n) is 3.21. The minimum absolute atomic E-state index is 0.249. The molecule has 0 bridgehead atoms. The van der Waals surface area contributed by atoms with Crippen LogP contribution >= 0.6 is 0 Å². The molecule has 0 unspecified atom stereocenters. The van der Waals surface area contributed by atoms with Gasteiger partial charge in [0.25, 0.3) is 0 Å². The molecule has 1 aromatic carbocycles. The van der Waals surface area contributed by atoms with Crippen LogP contribution in [0.15, 0.2) is 36.7 Å². The van der Waals surface area contributed by atoms with Crippen molar-refractivity contribution >= 4 is 16.9 Å². The SMILES string of the molecule is Nc1ncnc2ccc(-c3cc(F)cc(CN4CCCC4)c3)nc12. The number of nitrogen functional groups attached to an aromatic ring is 1. The highest BCUT2D eigenvalue weighted by Gasteiger charge is 2.14. The van der Waals surface area contributed by atoms with Crippen LogP contribution in [-0.4, -0.2) is 32.9 Å². The van der Waals surface area contributed by atoms with Gasteiger partial charge in [-0.15, -0.1) is 0 Å². The van der Waals surface area contributed by atoms with Crippen molar-refractivity contribution in [3.05, 3.63) is 48.0 Å². The first kappa shape index (κ1) is 15.0. The minimum atomic E-state index is -0.249. The van der Waals surface area contributed by atoms with Gasteiger partial charge in [-0.1, -0.05) is 0 Å². The summed E-state index contributed by atoms with van der Waals surface area (Å²) in [6.07, 6.45) is 3.84. The molecule has 0 amide bonds. The molecule has 3 aromatic rings. The maximum Gasteiger partial charge on any atom is 0.153 e. The number of hydrogen-bond donors (Lipinski definition) is 1. The maximum absolute atomic E-state index is 14.1. The molecule has 0 aliphatic carbocycles. The molecule has 2 N–H and O–H groups in total. The monoisotopic (exact) mass is 323 g/mol. The number of aromatic nitrogens is 3. The highest BCUT2D eigenvalue weighted by molar-refractivity contribution is 5.85.